The Kier molecular flexibility index (Phi) is 5.71. The molecule has 0 saturated heterocycles. The van der Waals surface area contributed by atoms with E-state index in [0.29, 0.717) is 0 Å². The van der Waals surface area contributed by atoms with Crippen molar-refractivity contribution >= 4 is 11.8 Å². The van der Waals surface area contributed by atoms with Crippen LogP contribution in [0.1, 0.15) is 16.7 Å². The van der Waals surface area contributed by atoms with Crippen LogP contribution in [0.15, 0.2) is 47.4 Å². The molecule has 2 aromatic rings. The molecule has 0 aromatic heterocycles. The van der Waals surface area contributed by atoms with E-state index in [2.05, 4.69) is 50.2 Å². The first kappa shape index (κ1) is 15.9. The minimum absolute atomic E-state index is 0.116. The maximum atomic E-state index is 6.30. The highest BCUT2D eigenvalue weighted by Gasteiger charge is 2.10. The minimum Gasteiger partial charge on any atom is -0.496 e. The quantitative estimate of drug-likeness (QED) is 0.820. The molecule has 0 spiro atoms. The summed E-state index contributed by atoms with van der Waals surface area (Å²) >= 11 is 1.83. The van der Waals surface area contributed by atoms with Crippen LogP contribution in [0.3, 0.4) is 0 Å². The molecule has 0 aliphatic rings. The molecule has 2 nitrogen and oxygen atoms in total. The third-order valence-corrected chi connectivity index (χ3v) is 4.83. The van der Waals surface area contributed by atoms with E-state index in [1.54, 1.807) is 7.11 Å². The fraction of sp³-hybridized carbons (Fsp3) is 0.333. The molecule has 1 atom stereocenters. The topological polar surface area (TPSA) is 35.2 Å². The van der Waals surface area contributed by atoms with E-state index in [4.69, 9.17) is 10.5 Å². The molecule has 112 valence electrons. The highest BCUT2D eigenvalue weighted by Crippen LogP contribution is 2.25. The summed E-state index contributed by atoms with van der Waals surface area (Å²) in [6, 6.07) is 14.8. The molecule has 0 amide bonds. The van der Waals surface area contributed by atoms with E-state index >= 15 is 0 Å². The van der Waals surface area contributed by atoms with Crippen molar-refractivity contribution in [2.24, 2.45) is 5.73 Å². The van der Waals surface area contributed by atoms with Gasteiger partial charge in [0.25, 0.3) is 0 Å². The summed E-state index contributed by atoms with van der Waals surface area (Å²) in [6.07, 6.45) is 0.837. The Bertz CT molecular complexity index is 598. The van der Waals surface area contributed by atoms with Gasteiger partial charge in [0.2, 0.25) is 0 Å². The Labute approximate surface area is 131 Å². The first-order chi connectivity index (χ1) is 10.1. The van der Waals surface area contributed by atoms with Crippen LogP contribution >= 0.6 is 11.8 Å². The Morgan fingerprint density at radius 2 is 1.90 bits per heavy atom. The van der Waals surface area contributed by atoms with Crippen molar-refractivity contribution in [2.75, 3.05) is 12.9 Å². The highest BCUT2D eigenvalue weighted by atomic mass is 32.2. The molecule has 21 heavy (non-hydrogen) atoms. The lowest BCUT2D eigenvalue weighted by atomic mass is 10.0. The predicted octanol–water partition coefficient (Wildman–Crippen LogP) is 3.97. The van der Waals surface area contributed by atoms with Crippen molar-refractivity contribution < 1.29 is 4.74 Å². The summed E-state index contributed by atoms with van der Waals surface area (Å²) in [6.45, 7) is 4.23. The fourth-order valence-corrected chi connectivity index (χ4v) is 3.31. The summed E-state index contributed by atoms with van der Waals surface area (Å²) in [7, 11) is 1.71. The molecule has 0 radical (unpaired) electrons. The number of benzene rings is 2. The monoisotopic (exact) mass is 301 g/mol. The van der Waals surface area contributed by atoms with Crippen LogP contribution in [0.25, 0.3) is 0 Å². The number of thioether (sulfide) groups is 1. The van der Waals surface area contributed by atoms with Crippen LogP contribution in [0, 0.1) is 13.8 Å². The van der Waals surface area contributed by atoms with Crippen molar-refractivity contribution in [2.45, 2.75) is 31.2 Å². The number of nitrogens with two attached hydrogens (primary N) is 1. The van der Waals surface area contributed by atoms with Gasteiger partial charge in [-0.15, -0.1) is 11.8 Å². The molecule has 0 aliphatic carbocycles. The Balaban J connectivity index is 1.97. The molecular formula is C18H23NOS. The molecular weight excluding hydrogens is 278 g/mol. The second-order valence-corrected chi connectivity index (χ2v) is 6.42. The Morgan fingerprint density at radius 3 is 2.62 bits per heavy atom. The smallest absolute Gasteiger partial charge is 0.122 e. The van der Waals surface area contributed by atoms with Crippen LogP contribution in [-0.2, 0) is 6.42 Å². The van der Waals surface area contributed by atoms with Gasteiger partial charge in [-0.1, -0.05) is 35.9 Å². The van der Waals surface area contributed by atoms with Gasteiger partial charge in [-0.3, -0.25) is 0 Å². The van der Waals surface area contributed by atoms with Gasteiger partial charge in [0.05, 0.1) is 7.11 Å². The standard InChI is InChI=1S/C18H23NOS/c1-13-8-9-17(20-3)15(10-13)11-16(19)12-21-18-7-5-4-6-14(18)2/h4-10,16H,11-12,19H2,1-3H3. The summed E-state index contributed by atoms with van der Waals surface area (Å²) in [5, 5.41) is 0. The second kappa shape index (κ2) is 7.53. The second-order valence-electron chi connectivity index (χ2n) is 5.36. The first-order valence-corrected chi connectivity index (χ1v) is 8.16. The summed E-state index contributed by atoms with van der Waals surface area (Å²) in [5.74, 6) is 1.83. The van der Waals surface area contributed by atoms with Gasteiger partial charge in [-0.05, 0) is 43.5 Å². The number of hydrogen-bond donors (Lipinski definition) is 1. The van der Waals surface area contributed by atoms with Crippen LogP contribution in [-0.4, -0.2) is 18.9 Å². The van der Waals surface area contributed by atoms with Gasteiger partial charge in [-0.2, -0.15) is 0 Å². The van der Waals surface area contributed by atoms with E-state index in [0.717, 1.165) is 17.9 Å². The van der Waals surface area contributed by atoms with E-state index in [9.17, 15) is 0 Å². The number of aryl methyl sites for hydroxylation is 2. The SMILES string of the molecule is COc1ccc(C)cc1CC(N)CSc1ccccc1C. The van der Waals surface area contributed by atoms with Crippen LogP contribution in [0.5, 0.6) is 5.75 Å². The average molecular weight is 301 g/mol. The molecule has 0 fully saturated rings. The van der Waals surface area contributed by atoms with Gasteiger partial charge in [0.1, 0.15) is 5.75 Å². The molecule has 0 saturated carbocycles. The fourth-order valence-electron chi connectivity index (χ4n) is 2.32. The molecule has 2 rings (SSSR count). The van der Waals surface area contributed by atoms with Crippen molar-refractivity contribution in [3.05, 3.63) is 59.2 Å². The maximum absolute atomic E-state index is 6.30. The number of hydrogen-bond acceptors (Lipinski definition) is 3. The van der Waals surface area contributed by atoms with Gasteiger partial charge in [0, 0.05) is 16.7 Å². The van der Waals surface area contributed by atoms with Gasteiger partial charge in [0.15, 0.2) is 0 Å². The normalized spacial score (nSPS) is 12.2. The van der Waals surface area contributed by atoms with Gasteiger partial charge < -0.3 is 10.5 Å². The lowest BCUT2D eigenvalue weighted by Gasteiger charge is -2.15. The summed E-state index contributed by atoms with van der Waals surface area (Å²) in [4.78, 5) is 1.31. The summed E-state index contributed by atoms with van der Waals surface area (Å²) in [5.41, 5.74) is 10.0. The Morgan fingerprint density at radius 1 is 1.14 bits per heavy atom. The van der Waals surface area contributed by atoms with Crippen LogP contribution < -0.4 is 10.5 Å². The number of methoxy groups -OCH3 is 1. The van der Waals surface area contributed by atoms with E-state index in [-0.39, 0.29) is 6.04 Å². The van der Waals surface area contributed by atoms with E-state index in [1.165, 1.54) is 21.6 Å². The number of ether oxygens (including phenoxy) is 1. The predicted molar refractivity (Wildman–Crippen MR) is 91.3 cm³/mol. The molecule has 0 aliphatic heterocycles. The lowest BCUT2D eigenvalue weighted by molar-refractivity contribution is 0.408. The molecule has 2 aromatic carbocycles. The Hall–Kier alpha value is -1.45. The third-order valence-electron chi connectivity index (χ3n) is 3.46. The van der Waals surface area contributed by atoms with Crippen molar-refractivity contribution in [3.63, 3.8) is 0 Å². The zero-order valence-corrected chi connectivity index (χ0v) is 13.7. The van der Waals surface area contributed by atoms with Gasteiger partial charge in [-0.25, -0.2) is 0 Å². The largest absolute Gasteiger partial charge is 0.496 e. The zero-order valence-electron chi connectivity index (χ0n) is 12.9. The van der Waals surface area contributed by atoms with Crippen LogP contribution in [0.2, 0.25) is 0 Å². The molecule has 0 bridgehead atoms. The first-order valence-electron chi connectivity index (χ1n) is 7.17. The molecule has 0 heterocycles. The average Bonchev–Trinajstić information content (AvgIpc) is 2.47. The van der Waals surface area contributed by atoms with E-state index in [1.807, 2.05) is 17.8 Å². The van der Waals surface area contributed by atoms with Crippen molar-refractivity contribution in [1.82, 2.24) is 0 Å². The van der Waals surface area contributed by atoms with E-state index < -0.39 is 0 Å². The molecule has 1 unspecified atom stereocenters. The third kappa shape index (κ3) is 4.51. The van der Waals surface area contributed by atoms with Crippen molar-refractivity contribution in [1.29, 1.82) is 0 Å². The van der Waals surface area contributed by atoms with Gasteiger partial charge >= 0.3 is 0 Å². The molecule has 3 heteroatoms. The van der Waals surface area contributed by atoms with Crippen molar-refractivity contribution in [3.8, 4) is 5.75 Å². The summed E-state index contributed by atoms with van der Waals surface area (Å²) < 4.78 is 5.42. The maximum Gasteiger partial charge on any atom is 0.122 e. The highest BCUT2D eigenvalue weighted by molar-refractivity contribution is 7.99. The lowest BCUT2D eigenvalue weighted by Crippen LogP contribution is -2.25. The zero-order chi connectivity index (χ0) is 15.2. The number of rotatable bonds is 6. The minimum atomic E-state index is 0.116. The molecule has 2 N–H and O–H groups in total. The van der Waals surface area contributed by atoms with Crippen LogP contribution in [0.4, 0.5) is 0 Å².